The number of fused-ring (bicyclic) bond motifs is 4. The molecule has 3 aliphatic carbocycles. The minimum absolute atomic E-state index is 0.114. The lowest BCUT2D eigenvalue weighted by Gasteiger charge is -2.60. The predicted octanol–water partition coefficient (Wildman–Crippen LogP) is 4.31. The quantitative estimate of drug-likeness (QED) is 0.183. The van der Waals surface area contributed by atoms with Crippen molar-refractivity contribution in [2.75, 3.05) is 20.7 Å². The second-order valence-corrected chi connectivity index (χ2v) is 15.1. The van der Waals surface area contributed by atoms with Crippen molar-refractivity contribution in [2.45, 2.75) is 116 Å². The molecule has 1 aromatic carbocycles. The van der Waals surface area contributed by atoms with Crippen LogP contribution in [0.15, 0.2) is 41.5 Å². The Hall–Kier alpha value is -3.28. The van der Waals surface area contributed by atoms with Crippen LogP contribution in [0.2, 0.25) is 0 Å². The van der Waals surface area contributed by atoms with Gasteiger partial charge in [0.15, 0.2) is 6.10 Å². The van der Waals surface area contributed by atoms with Crippen LogP contribution in [0, 0.1) is 22.7 Å². The number of esters is 4. The normalized spacial score (nSPS) is 35.9. The molecule has 1 spiro atoms. The molecule has 1 saturated heterocycles. The van der Waals surface area contributed by atoms with Gasteiger partial charge in [0, 0.05) is 44.1 Å². The van der Waals surface area contributed by atoms with Crippen molar-refractivity contribution in [3.8, 4) is 0 Å². The van der Waals surface area contributed by atoms with Crippen LogP contribution in [0.4, 0.5) is 0 Å². The molecule has 0 radical (unpaired) electrons. The summed E-state index contributed by atoms with van der Waals surface area (Å²) in [5.74, 6) is -3.03. The fourth-order valence-electron chi connectivity index (χ4n) is 9.27. The number of hydrogen-bond donors (Lipinski definition) is 1. The highest BCUT2D eigenvalue weighted by atomic mass is 16.6. The van der Waals surface area contributed by atoms with Crippen LogP contribution in [0.1, 0.15) is 85.8 Å². The maximum Gasteiger partial charge on any atom is 0.308 e. The van der Waals surface area contributed by atoms with Gasteiger partial charge in [-0.25, -0.2) is 0 Å². The predicted molar refractivity (Wildman–Crippen MR) is 174 cm³/mol. The van der Waals surface area contributed by atoms with Crippen molar-refractivity contribution in [1.29, 1.82) is 0 Å². The average Bonchev–Trinajstić information content (AvgIpc) is 3.77. The molecule has 1 N–H and O–H groups in total. The van der Waals surface area contributed by atoms with Crippen LogP contribution < -0.4 is 0 Å². The van der Waals surface area contributed by atoms with E-state index in [0.717, 1.165) is 5.56 Å². The molecule has 0 unspecified atom stereocenters. The van der Waals surface area contributed by atoms with Crippen molar-refractivity contribution in [1.82, 2.24) is 4.90 Å². The molecule has 4 aliphatic rings. The number of epoxide rings is 1. The number of hydrogen-bond acceptors (Lipinski definition) is 11. The molecular weight excluding hydrogens is 618 g/mol. The summed E-state index contributed by atoms with van der Waals surface area (Å²) in [5, 5.41) is 12.5. The summed E-state index contributed by atoms with van der Waals surface area (Å²) in [6.07, 6.45) is -3.30. The number of ether oxygens (including phenoxy) is 5. The summed E-state index contributed by atoms with van der Waals surface area (Å²) in [4.78, 5) is 53.5. The number of aliphatic hydroxyl groups excluding tert-OH is 1. The first-order valence-electron chi connectivity index (χ1n) is 16.9. The zero-order valence-electron chi connectivity index (χ0n) is 29.6. The smallest absolute Gasteiger partial charge is 0.308 e. The van der Waals surface area contributed by atoms with E-state index in [1.807, 2.05) is 77.0 Å². The Balaban J connectivity index is 1.59. The molecule has 1 heterocycles. The zero-order chi connectivity index (χ0) is 35.3. The number of carbonyl (C=O) groups excluding carboxylic acids is 4. The Morgan fingerprint density at radius 3 is 2.10 bits per heavy atom. The Bertz CT molecular complexity index is 1450. The standard InChI is InChI=1S/C37H51NO10/c1-20-27(45-21(2)39)17-25-31(46-22(3)40)33-36(7,34(43)32(47-23(4)41)30(20)35(25,5)6)16-15-28(37(33)19-44-37)48-29(42)18-26(38(8)9)24-13-11-10-12-14-24/h10-14,25-28,31-34,43H,15-19H2,1-9H3/t25-,26+,27-,28-,31+,32+,33-,34-,36+,37-/m0/s1. The largest absolute Gasteiger partial charge is 0.462 e. The van der Waals surface area contributed by atoms with E-state index in [2.05, 4.69) is 0 Å². The van der Waals surface area contributed by atoms with Gasteiger partial charge in [-0.15, -0.1) is 0 Å². The molecule has 0 amide bonds. The third kappa shape index (κ3) is 6.41. The lowest BCUT2D eigenvalue weighted by molar-refractivity contribution is -0.223. The van der Waals surface area contributed by atoms with Crippen molar-refractivity contribution in [3.63, 3.8) is 0 Å². The summed E-state index contributed by atoms with van der Waals surface area (Å²) in [5.41, 5.74) is -0.495. The summed E-state index contributed by atoms with van der Waals surface area (Å²) < 4.78 is 30.7. The molecule has 11 nitrogen and oxygen atoms in total. The van der Waals surface area contributed by atoms with Gasteiger partial charge in [0.05, 0.1) is 13.0 Å². The van der Waals surface area contributed by atoms with Crippen molar-refractivity contribution in [3.05, 3.63) is 47.0 Å². The van der Waals surface area contributed by atoms with Crippen molar-refractivity contribution < 1.29 is 48.0 Å². The van der Waals surface area contributed by atoms with E-state index < -0.39 is 76.7 Å². The first-order valence-corrected chi connectivity index (χ1v) is 16.9. The minimum atomic E-state index is -1.25. The van der Waals surface area contributed by atoms with Crippen molar-refractivity contribution >= 4 is 23.9 Å². The number of aliphatic hydroxyl groups is 1. The van der Waals surface area contributed by atoms with E-state index >= 15 is 0 Å². The van der Waals surface area contributed by atoms with Crippen LogP contribution in [-0.2, 0) is 42.9 Å². The van der Waals surface area contributed by atoms with Gasteiger partial charge in [0.25, 0.3) is 0 Å². The second-order valence-electron chi connectivity index (χ2n) is 15.1. The third-order valence-corrected chi connectivity index (χ3v) is 11.5. The molecule has 0 aromatic heterocycles. The maximum absolute atomic E-state index is 13.7. The highest BCUT2D eigenvalue weighted by molar-refractivity contribution is 5.71. The zero-order valence-corrected chi connectivity index (χ0v) is 29.6. The van der Waals surface area contributed by atoms with Gasteiger partial charge in [-0.3, -0.25) is 19.2 Å². The summed E-state index contributed by atoms with van der Waals surface area (Å²) >= 11 is 0. The monoisotopic (exact) mass is 669 g/mol. The Kier molecular flexibility index (Phi) is 9.91. The number of rotatable bonds is 8. The first-order chi connectivity index (χ1) is 22.4. The molecule has 264 valence electrons. The molecule has 11 heteroatoms. The fraction of sp³-hybridized carbons (Fsp3) is 0.676. The van der Waals surface area contributed by atoms with E-state index in [0.29, 0.717) is 30.4 Å². The molecular formula is C37H51NO10. The van der Waals surface area contributed by atoms with Gasteiger partial charge in [-0.05, 0) is 62.4 Å². The Labute approximate surface area is 283 Å². The average molecular weight is 670 g/mol. The van der Waals surface area contributed by atoms with Gasteiger partial charge in [0.2, 0.25) is 0 Å². The van der Waals surface area contributed by atoms with Crippen LogP contribution in [0.5, 0.6) is 0 Å². The molecule has 5 rings (SSSR count). The number of carbonyl (C=O) groups is 4. The van der Waals surface area contributed by atoms with Gasteiger partial charge >= 0.3 is 23.9 Å². The maximum atomic E-state index is 13.7. The SMILES string of the molecule is CC(=O)O[C@@H]1[C@@H]2C[C@H](OC(C)=O)C(C)=C([C@@H](OC(C)=O)[C@H](O)[C@]3(C)CC[C@H](OC(=O)C[C@H](c4ccccc4)N(C)C)[C@@]4(CO4)[C@@H]13)C2(C)C. The van der Waals surface area contributed by atoms with Crippen LogP contribution in [0.3, 0.4) is 0 Å². The highest BCUT2D eigenvalue weighted by Gasteiger charge is 2.74. The summed E-state index contributed by atoms with van der Waals surface area (Å²) in [7, 11) is 3.84. The molecule has 3 fully saturated rings. The first kappa shape index (κ1) is 36.0. The van der Waals surface area contributed by atoms with E-state index in [4.69, 9.17) is 23.7 Å². The summed E-state index contributed by atoms with van der Waals surface area (Å²) in [6, 6.07) is 9.55. The second kappa shape index (κ2) is 13.2. The molecule has 1 aromatic rings. The minimum Gasteiger partial charge on any atom is -0.462 e. The van der Waals surface area contributed by atoms with Gasteiger partial charge in [-0.2, -0.15) is 0 Å². The number of benzene rings is 1. The number of nitrogens with zero attached hydrogens (tertiary/aromatic N) is 1. The molecule has 1 aliphatic heterocycles. The van der Waals surface area contributed by atoms with Gasteiger partial charge < -0.3 is 33.7 Å². The Morgan fingerprint density at radius 2 is 1.56 bits per heavy atom. The lowest BCUT2D eigenvalue weighted by atomic mass is 9.48. The highest BCUT2D eigenvalue weighted by Crippen LogP contribution is 2.65. The van der Waals surface area contributed by atoms with Crippen molar-refractivity contribution in [2.24, 2.45) is 22.7 Å². The lowest BCUT2D eigenvalue weighted by Crippen LogP contribution is -2.68. The molecule has 2 saturated carbocycles. The van der Waals surface area contributed by atoms with Gasteiger partial charge in [0.1, 0.15) is 30.0 Å². The van der Waals surface area contributed by atoms with E-state index in [9.17, 15) is 24.3 Å². The van der Waals surface area contributed by atoms with Crippen LogP contribution >= 0.6 is 0 Å². The topological polar surface area (TPSA) is 141 Å². The van der Waals surface area contributed by atoms with Crippen LogP contribution in [-0.4, -0.2) is 90.7 Å². The van der Waals surface area contributed by atoms with Crippen LogP contribution in [0.25, 0.3) is 0 Å². The van der Waals surface area contributed by atoms with E-state index in [-0.39, 0.29) is 25.0 Å². The fourth-order valence-corrected chi connectivity index (χ4v) is 9.27. The van der Waals surface area contributed by atoms with E-state index in [1.54, 1.807) is 0 Å². The van der Waals surface area contributed by atoms with Gasteiger partial charge in [-0.1, -0.05) is 51.1 Å². The summed E-state index contributed by atoms with van der Waals surface area (Å²) in [6.45, 7) is 11.9. The van der Waals surface area contributed by atoms with E-state index in [1.165, 1.54) is 20.8 Å². The molecule has 10 atom stereocenters. The third-order valence-electron chi connectivity index (χ3n) is 11.5. The molecule has 2 bridgehead atoms. The Morgan fingerprint density at radius 1 is 0.958 bits per heavy atom. The molecule has 48 heavy (non-hydrogen) atoms.